The number of rotatable bonds is 4. The first-order valence-electron chi connectivity index (χ1n) is 9.78. The average molecular weight is 430 g/mol. The zero-order chi connectivity index (χ0) is 21.4. The molecule has 1 aliphatic heterocycles. The zero-order valence-corrected chi connectivity index (χ0v) is 17.9. The van der Waals surface area contributed by atoms with E-state index in [1.165, 1.54) is 13.2 Å². The smallest absolute Gasteiger partial charge is 0.197 e. The van der Waals surface area contributed by atoms with Crippen LogP contribution in [0.15, 0.2) is 45.6 Å². The molecule has 1 saturated heterocycles. The van der Waals surface area contributed by atoms with E-state index in [2.05, 4.69) is 4.90 Å². The predicted molar refractivity (Wildman–Crippen MR) is 117 cm³/mol. The Kier molecular flexibility index (Phi) is 5.73. The molecule has 1 fully saturated rings. The minimum atomic E-state index is -0.622. The minimum absolute atomic E-state index is 0.241. The summed E-state index contributed by atoms with van der Waals surface area (Å²) in [5.74, 6) is 1.01. The molecule has 2 atom stereocenters. The summed E-state index contributed by atoms with van der Waals surface area (Å²) in [6.07, 6.45) is 0.0821. The van der Waals surface area contributed by atoms with Gasteiger partial charge in [0.2, 0.25) is 0 Å². The van der Waals surface area contributed by atoms with Gasteiger partial charge in [0.05, 0.1) is 25.3 Å². The molecule has 0 bridgehead atoms. The lowest BCUT2D eigenvalue weighted by atomic mass is 9.85. The highest BCUT2D eigenvalue weighted by atomic mass is 35.5. The van der Waals surface area contributed by atoms with Crippen molar-refractivity contribution in [3.05, 3.63) is 57.2 Å². The summed E-state index contributed by atoms with van der Waals surface area (Å²) in [5, 5.41) is 11.6. The quantitative estimate of drug-likeness (QED) is 0.678. The number of β-amino-alcohol motifs (C(OH)–C–C–N with tert-alkyl or cyclic N) is 1. The van der Waals surface area contributed by atoms with Gasteiger partial charge in [-0.25, -0.2) is 0 Å². The molecule has 4 rings (SSSR count). The molecule has 3 aromatic rings. The van der Waals surface area contributed by atoms with E-state index in [-0.39, 0.29) is 11.3 Å². The summed E-state index contributed by atoms with van der Waals surface area (Å²) in [6.45, 7) is 1.34. The van der Waals surface area contributed by atoms with Crippen molar-refractivity contribution in [3.8, 4) is 22.8 Å². The van der Waals surface area contributed by atoms with E-state index in [4.69, 9.17) is 25.5 Å². The van der Waals surface area contributed by atoms with Crippen molar-refractivity contribution in [1.29, 1.82) is 0 Å². The normalized spacial score (nSPS) is 19.8. The molecule has 1 aliphatic rings. The van der Waals surface area contributed by atoms with Gasteiger partial charge in [-0.1, -0.05) is 23.7 Å². The molecular weight excluding hydrogens is 406 g/mol. The van der Waals surface area contributed by atoms with Crippen LogP contribution in [0.1, 0.15) is 17.9 Å². The lowest BCUT2D eigenvalue weighted by Gasteiger charge is -2.34. The maximum absolute atomic E-state index is 13.1. The van der Waals surface area contributed by atoms with E-state index in [0.29, 0.717) is 57.3 Å². The summed E-state index contributed by atoms with van der Waals surface area (Å²) in [4.78, 5) is 15.2. The monoisotopic (exact) mass is 429 g/mol. The van der Waals surface area contributed by atoms with Gasteiger partial charge in [-0.15, -0.1) is 0 Å². The Morgan fingerprint density at radius 1 is 1.17 bits per heavy atom. The van der Waals surface area contributed by atoms with Crippen molar-refractivity contribution in [3.63, 3.8) is 0 Å². The van der Waals surface area contributed by atoms with Crippen molar-refractivity contribution in [2.24, 2.45) is 0 Å². The Hall–Kier alpha value is -2.54. The topological polar surface area (TPSA) is 72.1 Å². The molecule has 7 heteroatoms. The van der Waals surface area contributed by atoms with Gasteiger partial charge in [0.1, 0.15) is 28.2 Å². The summed E-state index contributed by atoms with van der Waals surface area (Å²) < 4.78 is 17.4. The van der Waals surface area contributed by atoms with Crippen LogP contribution < -0.4 is 14.9 Å². The third-order valence-electron chi connectivity index (χ3n) is 5.70. The lowest BCUT2D eigenvalue weighted by molar-refractivity contribution is 0.0630. The van der Waals surface area contributed by atoms with Crippen LogP contribution in [-0.4, -0.2) is 50.5 Å². The molecule has 1 unspecified atom stereocenters. The van der Waals surface area contributed by atoms with Crippen molar-refractivity contribution < 1.29 is 19.0 Å². The number of likely N-dealkylation sites (tertiary alicyclic amines) is 1. The number of ether oxygens (including phenoxy) is 2. The van der Waals surface area contributed by atoms with Crippen LogP contribution in [0.2, 0.25) is 5.02 Å². The second-order valence-electron chi connectivity index (χ2n) is 7.58. The van der Waals surface area contributed by atoms with Gasteiger partial charge in [-0.05, 0) is 32.1 Å². The molecule has 2 aromatic carbocycles. The van der Waals surface area contributed by atoms with Gasteiger partial charge < -0.3 is 23.9 Å². The second-order valence-corrected chi connectivity index (χ2v) is 7.99. The highest BCUT2D eigenvalue weighted by Crippen LogP contribution is 2.43. The van der Waals surface area contributed by atoms with E-state index in [1.54, 1.807) is 25.3 Å². The molecule has 0 spiro atoms. The standard InChI is InChI=1S/C23H24ClNO5/c1-25-9-8-14(17(27)12-25)21-19(28-2)11-20(29-3)22-16(26)10-18(30-23(21)22)13-6-4-5-7-15(13)24/h4-7,10-11,14,17,27H,8-9,12H2,1-3H3/t14?,17-/m1/s1. The maximum Gasteiger partial charge on any atom is 0.197 e. The van der Waals surface area contributed by atoms with Crippen LogP contribution in [0.5, 0.6) is 11.5 Å². The van der Waals surface area contributed by atoms with E-state index in [9.17, 15) is 9.90 Å². The number of hydrogen-bond donors (Lipinski definition) is 1. The number of hydrogen-bond acceptors (Lipinski definition) is 6. The maximum atomic E-state index is 13.1. The Labute approximate surface area is 179 Å². The third-order valence-corrected chi connectivity index (χ3v) is 6.03. The van der Waals surface area contributed by atoms with E-state index < -0.39 is 6.10 Å². The summed E-state index contributed by atoms with van der Waals surface area (Å²) in [5.41, 5.74) is 1.42. The molecule has 6 nitrogen and oxygen atoms in total. The van der Waals surface area contributed by atoms with Crippen LogP contribution in [0.4, 0.5) is 0 Å². The Balaban J connectivity index is 2.04. The Morgan fingerprint density at radius 3 is 2.57 bits per heavy atom. The van der Waals surface area contributed by atoms with Crippen molar-refractivity contribution in [1.82, 2.24) is 4.90 Å². The largest absolute Gasteiger partial charge is 0.496 e. The number of methoxy groups -OCH3 is 2. The molecule has 30 heavy (non-hydrogen) atoms. The first kappa shape index (κ1) is 20.7. The number of aliphatic hydroxyl groups excluding tert-OH is 1. The lowest BCUT2D eigenvalue weighted by Crippen LogP contribution is -2.40. The number of likely N-dealkylation sites (N-methyl/N-ethyl adjacent to an activating group) is 1. The zero-order valence-electron chi connectivity index (χ0n) is 17.1. The second kappa shape index (κ2) is 8.30. The van der Waals surface area contributed by atoms with Gasteiger partial charge in [0, 0.05) is 35.7 Å². The number of benzene rings is 2. The van der Waals surface area contributed by atoms with Crippen LogP contribution in [0.25, 0.3) is 22.3 Å². The number of aliphatic hydroxyl groups is 1. The molecule has 1 N–H and O–H groups in total. The van der Waals surface area contributed by atoms with Gasteiger partial charge in [-0.2, -0.15) is 0 Å². The molecule has 0 saturated carbocycles. The Bertz CT molecular complexity index is 1140. The molecule has 2 heterocycles. The molecule has 0 amide bonds. The van der Waals surface area contributed by atoms with Crippen molar-refractivity contribution in [2.45, 2.75) is 18.4 Å². The molecule has 1 aromatic heterocycles. The van der Waals surface area contributed by atoms with Crippen LogP contribution in [-0.2, 0) is 0 Å². The predicted octanol–water partition coefficient (Wildman–Crippen LogP) is 3.91. The number of piperidine rings is 1. The van der Waals surface area contributed by atoms with Crippen LogP contribution >= 0.6 is 11.6 Å². The van der Waals surface area contributed by atoms with Gasteiger partial charge in [0.25, 0.3) is 0 Å². The SMILES string of the molecule is COc1cc(OC)c2c(=O)cc(-c3ccccc3Cl)oc2c1C1CCN(C)C[C@H]1O. The van der Waals surface area contributed by atoms with Gasteiger partial charge in [0.15, 0.2) is 5.43 Å². The summed E-state index contributed by atoms with van der Waals surface area (Å²) in [6, 6.07) is 10.3. The van der Waals surface area contributed by atoms with Crippen LogP contribution in [0, 0.1) is 0 Å². The molecule has 158 valence electrons. The first-order valence-corrected chi connectivity index (χ1v) is 10.2. The fourth-order valence-corrected chi connectivity index (χ4v) is 4.43. The highest BCUT2D eigenvalue weighted by molar-refractivity contribution is 6.33. The summed E-state index contributed by atoms with van der Waals surface area (Å²) in [7, 11) is 5.03. The minimum Gasteiger partial charge on any atom is -0.496 e. The van der Waals surface area contributed by atoms with E-state index in [0.717, 1.165) is 6.54 Å². The van der Waals surface area contributed by atoms with E-state index >= 15 is 0 Å². The number of halogens is 1. The highest BCUT2D eigenvalue weighted by Gasteiger charge is 2.33. The Morgan fingerprint density at radius 2 is 1.90 bits per heavy atom. The fourth-order valence-electron chi connectivity index (χ4n) is 4.20. The number of fused-ring (bicyclic) bond motifs is 1. The van der Waals surface area contributed by atoms with Crippen LogP contribution in [0.3, 0.4) is 0 Å². The van der Waals surface area contributed by atoms with E-state index in [1.807, 2.05) is 19.2 Å². The third kappa shape index (κ3) is 3.55. The molecular formula is C23H24ClNO5. The fraction of sp³-hybridized carbons (Fsp3) is 0.348. The van der Waals surface area contributed by atoms with Crippen molar-refractivity contribution in [2.75, 3.05) is 34.4 Å². The van der Waals surface area contributed by atoms with Gasteiger partial charge >= 0.3 is 0 Å². The molecule has 0 aliphatic carbocycles. The number of nitrogens with zero attached hydrogens (tertiary/aromatic N) is 1. The molecule has 0 radical (unpaired) electrons. The van der Waals surface area contributed by atoms with Gasteiger partial charge in [-0.3, -0.25) is 4.79 Å². The summed E-state index contributed by atoms with van der Waals surface area (Å²) >= 11 is 6.35. The first-order chi connectivity index (χ1) is 14.4. The van der Waals surface area contributed by atoms with Crippen molar-refractivity contribution >= 4 is 22.6 Å². The average Bonchev–Trinajstić information content (AvgIpc) is 2.73.